The van der Waals surface area contributed by atoms with E-state index in [-0.39, 0.29) is 6.42 Å². The number of carboxylic acids is 1. The van der Waals surface area contributed by atoms with E-state index in [4.69, 9.17) is 21.3 Å². The Hall–Kier alpha value is -1.12. The number of carbonyl (C=O) groups is 1. The lowest BCUT2D eigenvalue weighted by Gasteiger charge is -2.22. The highest BCUT2D eigenvalue weighted by molar-refractivity contribution is 7.99. The van der Waals surface area contributed by atoms with Crippen LogP contribution in [-0.2, 0) is 9.53 Å². The van der Waals surface area contributed by atoms with Gasteiger partial charge in [-0.2, -0.15) is 0 Å². The molecule has 6 N–H and O–H groups in total. The molecule has 0 spiro atoms. The van der Waals surface area contributed by atoms with E-state index in [0.29, 0.717) is 12.4 Å². The van der Waals surface area contributed by atoms with Crippen LogP contribution in [0.3, 0.4) is 0 Å². The smallest absolute Gasteiger partial charge is 0.320 e. The van der Waals surface area contributed by atoms with Crippen LogP contribution in [-0.4, -0.2) is 46.9 Å². The molecule has 6 nitrogen and oxygen atoms in total. The molecule has 112 valence electrons. The van der Waals surface area contributed by atoms with Crippen molar-refractivity contribution in [1.82, 2.24) is 0 Å². The molecule has 7 heteroatoms. The average Bonchev–Trinajstić information content (AvgIpc) is 2.42. The lowest BCUT2D eigenvalue weighted by atomic mass is 10.1. The van der Waals surface area contributed by atoms with Crippen LogP contribution in [0.1, 0.15) is 6.42 Å². The van der Waals surface area contributed by atoms with Gasteiger partial charge in [0.15, 0.2) is 0 Å². The van der Waals surface area contributed by atoms with Gasteiger partial charge in [0.1, 0.15) is 12.3 Å². The van der Waals surface area contributed by atoms with Crippen LogP contribution in [0.15, 0.2) is 35.2 Å². The number of rotatable bonds is 9. The van der Waals surface area contributed by atoms with Gasteiger partial charge < -0.3 is 26.4 Å². The number of hydrogen-bond donors (Lipinski definition) is 4. The highest BCUT2D eigenvalue weighted by Gasteiger charge is 2.23. The van der Waals surface area contributed by atoms with Gasteiger partial charge in [0, 0.05) is 17.1 Å². The molecule has 1 aromatic rings. The van der Waals surface area contributed by atoms with E-state index < -0.39 is 24.3 Å². The third-order valence-corrected chi connectivity index (χ3v) is 3.59. The molecule has 1 aromatic carbocycles. The Morgan fingerprint density at radius 1 is 1.30 bits per heavy atom. The molecule has 3 atom stereocenters. The zero-order valence-corrected chi connectivity index (χ0v) is 11.8. The quantitative estimate of drug-likeness (QED) is 0.293. The number of carboxylic acid groups (broad SMARTS) is 1. The molecule has 1 rings (SSSR count). The van der Waals surface area contributed by atoms with Gasteiger partial charge in [-0.15, -0.1) is 11.8 Å². The normalized spacial score (nSPS) is 15.6. The molecule has 0 radical (unpaired) electrons. The minimum Gasteiger partial charge on any atom is -0.480 e. The number of aliphatic hydroxyl groups excluding tert-OH is 1. The Bertz CT molecular complexity index is 403. The Morgan fingerprint density at radius 3 is 2.50 bits per heavy atom. The molecule has 0 fully saturated rings. The molecule has 0 aliphatic rings. The van der Waals surface area contributed by atoms with Crippen LogP contribution in [0, 0.1) is 0 Å². The van der Waals surface area contributed by atoms with Crippen molar-refractivity contribution in [2.24, 2.45) is 11.5 Å². The van der Waals surface area contributed by atoms with Crippen molar-refractivity contribution < 1.29 is 19.7 Å². The second-order valence-corrected chi connectivity index (χ2v) is 5.41. The van der Waals surface area contributed by atoms with Crippen molar-refractivity contribution in [3.05, 3.63) is 30.3 Å². The molecule has 0 saturated heterocycles. The van der Waals surface area contributed by atoms with E-state index in [1.54, 1.807) is 11.8 Å². The molecular formula is C13H20N2O4S. The maximum absolute atomic E-state index is 10.7. The first-order valence-corrected chi connectivity index (χ1v) is 7.20. The van der Waals surface area contributed by atoms with E-state index in [2.05, 4.69) is 0 Å². The lowest BCUT2D eigenvalue weighted by Crippen LogP contribution is -2.43. The SMILES string of the molecule is NC(CC(OCCSc1ccccc1)C(N)O)C(=O)O. The molecular weight excluding hydrogens is 280 g/mol. The summed E-state index contributed by atoms with van der Waals surface area (Å²) in [5.41, 5.74) is 10.8. The first-order valence-electron chi connectivity index (χ1n) is 6.22. The number of aliphatic carboxylic acids is 1. The van der Waals surface area contributed by atoms with Gasteiger partial charge in [-0.25, -0.2) is 0 Å². The van der Waals surface area contributed by atoms with Gasteiger partial charge in [-0.3, -0.25) is 4.79 Å². The average molecular weight is 300 g/mol. The summed E-state index contributed by atoms with van der Waals surface area (Å²) in [6, 6.07) is 8.71. The van der Waals surface area contributed by atoms with Crippen molar-refractivity contribution in [3.63, 3.8) is 0 Å². The van der Waals surface area contributed by atoms with E-state index >= 15 is 0 Å². The van der Waals surface area contributed by atoms with Crippen molar-refractivity contribution in [3.8, 4) is 0 Å². The van der Waals surface area contributed by atoms with Gasteiger partial charge in [0.05, 0.1) is 12.7 Å². The van der Waals surface area contributed by atoms with Gasteiger partial charge in [-0.1, -0.05) is 18.2 Å². The number of aliphatic hydroxyl groups is 1. The Kier molecular flexibility index (Phi) is 7.56. The predicted octanol–water partition coefficient (Wildman–Crippen LogP) is 0.243. The third-order valence-electron chi connectivity index (χ3n) is 2.61. The predicted molar refractivity (Wildman–Crippen MR) is 77.3 cm³/mol. The molecule has 0 aliphatic carbocycles. The first-order chi connectivity index (χ1) is 9.50. The van der Waals surface area contributed by atoms with Crippen LogP contribution >= 0.6 is 11.8 Å². The van der Waals surface area contributed by atoms with Crippen LogP contribution in [0.25, 0.3) is 0 Å². The van der Waals surface area contributed by atoms with Gasteiger partial charge >= 0.3 is 5.97 Å². The second kappa shape index (κ2) is 8.93. The summed E-state index contributed by atoms with van der Waals surface area (Å²) in [6.45, 7) is 0.352. The summed E-state index contributed by atoms with van der Waals surface area (Å²) in [4.78, 5) is 11.8. The van der Waals surface area contributed by atoms with Crippen LogP contribution < -0.4 is 11.5 Å². The number of ether oxygens (including phenoxy) is 1. The van der Waals surface area contributed by atoms with E-state index in [9.17, 15) is 9.90 Å². The topological polar surface area (TPSA) is 119 Å². The zero-order valence-electron chi connectivity index (χ0n) is 11.0. The first kappa shape index (κ1) is 16.9. The van der Waals surface area contributed by atoms with Crippen molar-refractivity contribution in [2.45, 2.75) is 29.7 Å². The van der Waals surface area contributed by atoms with Crippen molar-refractivity contribution >= 4 is 17.7 Å². The molecule has 3 unspecified atom stereocenters. The minimum absolute atomic E-state index is 0.0248. The molecule has 0 aromatic heterocycles. The zero-order chi connectivity index (χ0) is 15.0. The monoisotopic (exact) mass is 300 g/mol. The third kappa shape index (κ3) is 6.36. The lowest BCUT2D eigenvalue weighted by molar-refractivity contribution is -0.140. The largest absolute Gasteiger partial charge is 0.480 e. The van der Waals surface area contributed by atoms with Crippen molar-refractivity contribution in [2.75, 3.05) is 12.4 Å². The Labute approximate surface area is 122 Å². The van der Waals surface area contributed by atoms with Gasteiger partial charge in [0.2, 0.25) is 0 Å². The Balaban J connectivity index is 2.30. The maximum Gasteiger partial charge on any atom is 0.320 e. The number of thioether (sulfide) groups is 1. The second-order valence-electron chi connectivity index (χ2n) is 4.24. The summed E-state index contributed by atoms with van der Waals surface area (Å²) in [6.07, 6.45) is -2.05. The van der Waals surface area contributed by atoms with E-state index in [0.717, 1.165) is 4.90 Å². The van der Waals surface area contributed by atoms with Gasteiger partial charge in [0.25, 0.3) is 0 Å². The molecule has 0 amide bonds. The fraction of sp³-hybridized carbons (Fsp3) is 0.462. The summed E-state index contributed by atoms with van der Waals surface area (Å²) in [5.74, 6) is -0.465. The summed E-state index contributed by atoms with van der Waals surface area (Å²) < 4.78 is 5.41. The molecule has 0 saturated carbocycles. The van der Waals surface area contributed by atoms with Gasteiger partial charge in [-0.05, 0) is 12.1 Å². The molecule has 0 bridgehead atoms. The van der Waals surface area contributed by atoms with Crippen LogP contribution in [0.4, 0.5) is 0 Å². The fourth-order valence-corrected chi connectivity index (χ4v) is 2.30. The van der Waals surface area contributed by atoms with Crippen molar-refractivity contribution in [1.29, 1.82) is 0 Å². The number of benzene rings is 1. The minimum atomic E-state index is -1.25. The van der Waals surface area contributed by atoms with E-state index in [1.165, 1.54) is 0 Å². The summed E-state index contributed by atoms with van der Waals surface area (Å²) >= 11 is 1.60. The standard InChI is InChI=1S/C13H20N2O4S/c14-10(13(17)18)8-11(12(15)16)19-6-7-20-9-4-2-1-3-5-9/h1-5,10-12,16H,6-8,14-15H2,(H,17,18). The highest BCUT2D eigenvalue weighted by Crippen LogP contribution is 2.17. The fourth-order valence-electron chi connectivity index (χ4n) is 1.53. The summed E-state index contributed by atoms with van der Waals surface area (Å²) in [7, 11) is 0. The molecule has 0 heterocycles. The molecule has 0 aliphatic heterocycles. The Morgan fingerprint density at radius 2 is 1.95 bits per heavy atom. The van der Waals surface area contributed by atoms with Crippen LogP contribution in [0.5, 0.6) is 0 Å². The molecule has 20 heavy (non-hydrogen) atoms. The maximum atomic E-state index is 10.7. The number of hydrogen-bond acceptors (Lipinski definition) is 6. The summed E-state index contributed by atoms with van der Waals surface area (Å²) in [5, 5.41) is 18.1. The van der Waals surface area contributed by atoms with Crippen LogP contribution in [0.2, 0.25) is 0 Å². The number of nitrogens with two attached hydrogens (primary N) is 2. The highest BCUT2D eigenvalue weighted by atomic mass is 32.2. The van der Waals surface area contributed by atoms with E-state index in [1.807, 2.05) is 30.3 Å².